The van der Waals surface area contributed by atoms with E-state index in [0.717, 1.165) is 12.8 Å². The van der Waals surface area contributed by atoms with E-state index in [1.165, 1.54) is 41.7 Å². The first kappa shape index (κ1) is 20.7. The fourth-order valence-electron chi connectivity index (χ4n) is 3.12. The number of non-ortho nitro benzene ring substituents is 1. The summed E-state index contributed by atoms with van der Waals surface area (Å²) in [5, 5.41) is 13.5. The van der Waals surface area contributed by atoms with Gasteiger partial charge in [0.05, 0.1) is 23.5 Å². The van der Waals surface area contributed by atoms with Gasteiger partial charge in [-0.3, -0.25) is 14.9 Å². The molecule has 1 aliphatic rings. The quantitative estimate of drug-likeness (QED) is 0.544. The molecule has 9 nitrogen and oxygen atoms in total. The standard InChI is InChI=1S/C19H21N3O6S/c1-28-18-9-8-16(22(24)25)12-17(18)20-19(23)15-6-4-14(5-7-15)13-29(26,27)21-10-2-3-11-21/h4-9,12H,2-3,10-11,13H2,1H3,(H,20,23). The number of anilines is 1. The number of nitrogens with one attached hydrogen (secondary N) is 1. The number of hydrogen-bond donors (Lipinski definition) is 1. The van der Waals surface area contributed by atoms with Crippen molar-refractivity contribution in [1.29, 1.82) is 0 Å². The summed E-state index contributed by atoms with van der Waals surface area (Å²) in [5.74, 6) is -0.317. The molecule has 1 N–H and O–H groups in total. The smallest absolute Gasteiger partial charge is 0.271 e. The zero-order chi connectivity index (χ0) is 21.0. The van der Waals surface area contributed by atoms with E-state index in [2.05, 4.69) is 5.32 Å². The van der Waals surface area contributed by atoms with Crippen LogP contribution in [0.3, 0.4) is 0 Å². The van der Waals surface area contributed by atoms with Gasteiger partial charge in [-0.1, -0.05) is 12.1 Å². The number of methoxy groups -OCH3 is 1. The van der Waals surface area contributed by atoms with E-state index in [0.29, 0.717) is 24.2 Å². The van der Waals surface area contributed by atoms with Crippen molar-refractivity contribution >= 4 is 27.3 Å². The van der Waals surface area contributed by atoms with Crippen molar-refractivity contribution in [2.75, 3.05) is 25.5 Å². The van der Waals surface area contributed by atoms with Crippen molar-refractivity contribution < 1.29 is 22.9 Å². The molecule has 2 aromatic rings. The molecule has 10 heteroatoms. The number of nitro groups is 1. The van der Waals surface area contributed by atoms with Crippen LogP contribution in [0.25, 0.3) is 0 Å². The highest BCUT2D eigenvalue weighted by molar-refractivity contribution is 7.88. The topological polar surface area (TPSA) is 119 Å². The van der Waals surface area contributed by atoms with E-state index in [1.54, 1.807) is 12.1 Å². The Hall–Kier alpha value is -2.98. The van der Waals surface area contributed by atoms with Gasteiger partial charge in [-0.15, -0.1) is 0 Å². The molecule has 1 amide bonds. The zero-order valence-electron chi connectivity index (χ0n) is 15.8. The molecule has 154 valence electrons. The van der Waals surface area contributed by atoms with Crippen molar-refractivity contribution in [3.8, 4) is 5.75 Å². The lowest BCUT2D eigenvalue weighted by atomic mass is 10.1. The van der Waals surface area contributed by atoms with Gasteiger partial charge in [0.1, 0.15) is 5.75 Å². The first-order chi connectivity index (χ1) is 13.8. The lowest BCUT2D eigenvalue weighted by Gasteiger charge is -2.15. The predicted molar refractivity (Wildman–Crippen MR) is 107 cm³/mol. The number of ether oxygens (including phenoxy) is 1. The number of rotatable bonds is 7. The van der Waals surface area contributed by atoms with Crippen LogP contribution in [0.15, 0.2) is 42.5 Å². The molecule has 0 aliphatic carbocycles. The second-order valence-corrected chi connectivity index (χ2v) is 8.62. The van der Waals surface area contributed by atoms with Crippen LogP contribution in [0.2, 0.25) is 0 Å². The lowest BCUT2D eigenvalue weighted by molar-refractivity contribution is -0.384. The molecular formula is C19H21N3O6S. The maximum absolute atomic E-state index is 12.5. The molecule has 1 aliphatic heterocycles. The fourth-order valence-corrected chi connectivity index (χ4v) is 4.73. The molecule has 0 atom stereocenters. The number of carbonyl (C=O) groups excluding carboxylic acids is 1. The molecule has 0 spiro atoms. The molecule has 0 bridgehead atoms. The summed E-state index contributed by atoms with van der Waals surface area (Å²) < 4.78 is 31.4. The minimum Gasteiger partial charge on any atom is -0.495 e. The third-order valence-corrected chi connectivity index (χ3v) is 6.52. The molecule has 29 heavy (non-hydrogen) atoms. The van der Waals surface area contributed by atoms with Crippen LogP contribution < -0.4 is 10.1 Å². The number of nitrogens with zero attached hydrogens (tertiary/aromatic N) is 2. The fraction of sp³-hybridized carbons (Fsp3) is 0.316. The summed E-state index contributed by atoms with van der Waals surface area (Å²) in [7, 11) is -1.97. The molecule has 0 radical (unpaired) electrons. The molecule has 1 fully saturated rings. The number of hydrogen-bond acceptors (Lipinski definition) is 6. The Morgan fingerprint density at radius 1 is 1.17 bits per heavy atom. The second-order valence-electron chi connectivity index (χ2n) is 6.66. The van der Waals surface area contributed by atoms with Gasteiger partial charge in [0.2, 0.25) is 10.0 Å². The van der Waals surface area contributed by atoms with Crippen LogP contribution in [0.1, 0.15) is 28.8 Å². The third-order valence-electron chi connectivity index (χ3n) is 4.67. The van der Waals surface area contributed by atoms with E-state index < -0.39 is 20.9 Å². The lowest BCUT2D eigenvalue weighted by Crippen LogP contribution is -2.29. The Bertz CT molecular complexity index is 1010. The summed E-state index contributed by atoms with van der Waals surface area (Å²) in [6.07, 6.45) is 1.75. The minimum atomic E-state index is -3.36. The van der Waals surface area contributed by atoms with Crippen molar-refractivity contribution in [1.82, 2.24) is 4.31 Å². The van der Waals surface area contributed by atoms with Crippen molar-refractivity contribution in [3.05, 3.63) is 63.7 Å². The first-order valence-corrected chi connectivity index (χ1v) is 10.6. The first-order valence-electron chi connectivity index (χ1n) is 9.01. The Kier molecular flexibility index (Phi) is 6.14. The highest BCUT2D eigenvalue weighted by Crippen LogP contribution is 2.29. The average molecular weight is 419 g/mol. The summed E-state index contributed by atoms with van der Waals surface area (Å²) in [5.41, 5.74) is 0.873. The average Bonchev–Trinajstić information content (AvgIpc) is 3.24. The second kappa shape index (κ2) is 8.58. The van der Waals surface area contributed by atoms with Crippen molar-refractivity contribution in [3.63, 3.8) is 0 Å². The van der Waals surface area contributed by atoms with Gasteiger partial charge in [0, 0.05) is 30.8 Å². The van der Waals surface area contributed by atoms with Gasteiger partial charge in [-0.2, -0.15) is 0 Å². The van der Waals surface area contributed by atoms with Crippen molar-refractivity contribution in [2.45, 2.75) is 18.6 Å². The van der Waals surface area contributed by atoms with Gasteiger partial charge in [0.25, 0.3) is 11.6 Å². The summed E-state index contributed by atoms with van der Waals surface area (Å²) in [6.45, 7) is 1.10. The number of sulfonamides is 1. The molecule has 3 rings (SSSR count). The van der Waals surface area contributed by atoms with Crippen molar-refractivity contribution in [2.24, 2.45) is 0 Å². The van der Waals surface area contributed by atoms with E-state index in [-0.39, 0.29) is 22.9 Å². The predicted octanol–water partition coefficient (Wildman–Crippen LogP) is 2.78. The summed E-state index contributed by atoms with van der Waals surface area (Å²) in [4.78, 5) is 22.9. The van der Waals surface area contributed by atoms with Crippen LogP contribution in [0, 0.1) is 10.1 Å². The Labute approximate surface area is 168 Å². The highest BCUT2D eigenvalue weighted by Gasteiger charge is 2.25. The normalized spacial score (nSPS) is 14.5. The molecule has 1 saturated heterocycles. The van der Waals surface area contributed by atoms with Gasteiger partial charge >= 0.3 is 0 Å². The monoisotopic (exact) mass is 419 g/mol. The van der Waals surface area contributed by atoms with Gasteiger partial charge in [-0.05, 0) is 36.6 Å². The molecule has 0 aromatic heterocycles. The number of amides is 1. The SMILES string of the molecule is COc1ccc([N+](=O)[O-])cc1NC(=O)c1ccc(CS(=O)(=O)N2CCCC2)cc1. The Morgan fingerprint density at radius 3 is 2.41 bits per heavy atom. The van der Waals surface area contributed by atoms with E-state index in [4.69, 9.17) is 4.74 Å². The van der Waals surface area contributed by atoms with Crippen LogP contribution in [-0.4, -0.2) is 43.8 Å². The van der Waals surface area contributed by atoms with Crippen LogP contribution in [0.4, 0.5) is 11.4 Å². The number of nitro benzene ring substituents is 1. The Balaban J connectivity index is 1.72. The Morgan fingerprint density at radius 2 is 1.83 bits per heavy atom. The van der Waals surface area contributed by atoms with E-state index in [9.17, 15) is 23.3 Å². The highest BCUT2D eigenvalue weighted by atomic mass is 32.2. The van der Waals surface area contributed by atoms with Crippen LogP contribution in [-0.2, 0) is 15.8 Å². The maximum Gasteiger partial charge on any atom is 0.271 e. The van der Waals surface area contributed by atoms with Gasteiger partial charge < -0.3 is 10.1 Å². The van der Waals surface area contributed by atoms with Gasteiger partial charge in [-0.25, -0.2) is 12.7 Å². The largest absolute Gasteiger partial charge is 0.495 e. The van der Waals surface area contributed by atoms with E-state index >= 15 is 0 Å². The molecule has 0 unspecified atom stereocenters. The van der Waals surface area contributed by atoms with Crippen LogP contribution in [0.5, 0.6) is 5.75 Å². The number of benzene rings is 2. The third kappa shape index (κ3) is 4.90. The molecule has 0 saturated carbocycles. The molecule has 2 aromatic carbocycles. The summed E-state index contributed by atoms with van der Waals surface area (Å²) in [6, 6.07) is 10.1. The zero-order valence-corrected chi connectivity index (χ0v) is 16.6. The number of carbonyl (C=O) groups is 1. The van der Waals surface area contributed by atoms with E-state index in [1.807, 2.05) is 0 Å². The maximum atomic E-state index is 12.5. The molecule has 1 heterocycles. The molecular weight excluding hydrogens is 398 g/mol. The van der Waals surface area contributed by atoms with Gasteiger partial charge in [0.15, 0.2) is 0 Å². The summed E-state index contributed by atoms with van der Waals surface area (Å²) >= 11 is 0. The minimum absolute atomic E-state index is 0.117. The van der Waals surface area contributed by atoms with Crippen LogP contribution >= 0.6 is 0 Å².